The second-order valence-electron chi connectivity index (χ2n) is 6.80. The van der Waals surface area contributed by atoms with E-state index in [0.29, 0.717) is 11.3 Å². The Morgan fingerprint density at radius 3 is 2.28 bits per heavy atom. The molecular formula is C18H34. The lowest BCUT2D eigenvalue weighted by Crippen LogP contribution is -2.19. The van der Waals surface area contributed by atoms with Gasteiger partial charge in [0.15, 0.2) is 0 Å². The van der Waals surface area contributed by atoms with Crippen molar-refractivity contribution in [2.24, 2.45) is 17.3 Å². The Bertz CT molecular complexity index is 268. The van der Waals surface area contributed by atoms with Crippen molar-refractivity contribution in [3.8, 4) is 0 Å². The average Bonchev–Trinajstić information content (AvgIpc) is 2.24. The maximum Gasteiger partial charge on any atom is -0.0226 e. The van der Waals surface area contributed by atoms with Crippen molar-refractivity contribution < 1.29 is 0 Å². The summed E-state index contributed by atoms with van der Waals surface area (Å²) in [5.41, 5.74) is 1.96. The molecule has 106 valence electrons. The highest BCUT2D eigenvalue weighted by Crippen LogP contribution is 2.35. The van der Waals surface area contributed by atoms with Gasteiger partial charge >= 0.3 is 0 Å². The Kier molecular flexibility index (Phi) is 8.31. The van der Waals surface area contributed by atoms with Gasteiger partial charge in [-0.1, -0.05) is 71.3 Å². The first kappa shape index (κ1) is 17.5. The molecule has 18 heavy (non-hydrogen) atoms. The topological polar surface area (TPSA) is 0 Å². The van der Waals surface area contributed by atoms with Crippen molar-refractivity contribution in [2.75, 3.05) is 0 Å². The molecule has 0 heterocycles. The normalized spacial score (nSPS) is 17.2. The predicted molar refractivity (Wildman–Crippen MR) is 84.8 cm³/mol. The van der Waals surface area contributed by atoms with E-state index in [9.17, 15) is 0 Å². The molecule has 2 unspecified atom stereocenters. The van der Waals surface area contributed by atoms with Crippen LogP contribution in [0.4, 0.5) is 0 Å². The molecule has 2 atom stereocenters. The SMILES string of the molecule is C/C=C\C=C(/C)C(C)CC(C)(C)CC(C)CCC. The standard InChI is InChI=1S/C18H34/c1-8-10-12-16(4)17(5)14-18(6,7)13-15(3)11-9-2/h8,10,12,15,17H,9,11,13-14H2,1-7H3/b10-8-,16-12+. The summed E-state index contributed by atoms with van der Waals surface area (Å²) >= 11 is 0. The molecule has 0 radical (unpaired) electrons. The second-order valence-corrected chi connectivity index (χ2v) is 6.80. The van der Waals surface area contributed by atoms with Crippen molar-refractivity contribution in [2.45, 2.75) is 74.1 Å². The van der Waals surface area contributed by atoms with Crippen LogP contribution in [0.2, 0.25) is 0 Å². The monoisotopic (exact) mass is 250 g/mol. The smallest absolute Gasteiger partial charge is 0.0226 e. The molecule has 0 aliphatic heterocycles. The average molecular weight is 250 g/mol. The van der Waals surface area contributed by atoms with Crippen molar-refractivity contribution >= 4 is 0 Å². The highest BCUT2D eigenvalue weighted by atomic mass is 14.3. The third kappa shape index (κ3) is 7.74. The zero-order valence-electron chi connectivity index (χ0n) is 13.7. The molecule has 0 heteroatoms. The van der Waals surface area contributed by atoms with Gasteiger partial charge in [0.25, 0.3) is 0 Å². The summed E-state index contributed by atoms with van der Waals surface area (Å²) in [5, 5.41) is 0. The summed E-state index contributed by atoms with van der Waals surface area (Å²) in [4.78, 5) is 0. The van der Waals surface area contributed by atoms with Crippen molar-refractivity contribution in [3.63, 3.8) is 0 Å². The fourth-order valence-corrected chi connectivity index (χ4v) is 3.02. The number of rotatable bonds is 8. The van der Waals surface area contributed by atoms with Crippen LogP contribution in [-0.4, -0.2) is 0 Å². The molecular weight excluding hydrogens is 216 g/mol. The van der Waals surface area contributed by atoms with Crippen LogP contribution in [0.5, 0.6) is 0 Å². The molecule has 0 N–H and O–H groups in total. The molecule has 0 bridgehead atoms. The van der Waals surface area contributed by atoms with E-state index in [0.717, 1.165) is 5.92 Å². The first-order chi connectivity index (χ1) is 8.32. The van der Waals surface area contributed by atoms with Crippen molar-refractivity contribution in [1.82, 2.24) is 0 Å². The summed E-state index contributed by atoms with van der Waals surface area (Å²) < 4.78 is 0. The number of hydrogen-bond donors (Lipinski definition) is 0. The predicted octanol–water partition coefficient (Wildman–Crippen LogP) is 6.39. The molecule has 0 fully saturated rings. The largest absolute Gasteiger partial charge is 0.0877 e. The number of hydrogen-bond acceptors (Lipinski definition) is 0. The van der Waals surface area contributed by atoms with E-state index >= 15 is 0 Å². The van der Waals surface area contributed by atoms with Crippen LogP contribution in [-0.2, 0) is 0 Å². The molecule has 0 saturated carbocycles. The zero-order chi connectivity index (χ0) is 14.2. The van der Waals surface area contributed by atoms with Gasteiger partial charge in [0.1, 0.15) is 0 Å². The fraction of sp³-hybridized carbons (Fsp3) is 0.778. The third-order valence-corrected chi connectivity index (χ3v) is 3.87. The van der Waals surface area contributed by atoms with Crippen LogP contribution in [0.1, 0.15) is 74.1 Å². The van der Waals surface area contributed by atoms with Gasteiger partial charge in [-0.25, -0.2) is 0 Å². The minimum Gasteiger partial charge on any atom is -0.0877 e. The maximum absolute atomic E-state index is 2.43. The first-order valence-electron chi connectivity index (χ1n) is 7.62. The van der Waals surface area contributed by atoms with Gasteiger partial charge in [0.2, 0.25) is 0 Å². The Morgan fingerprint density at radius 1 is 1.17 bits per heavy atom. The van der Waals surface area contributed by atoms with Gasteiger partial charge in [0, 0.05) is 0 Å². The van der Waals surface area contributed by atoms with Gasteiger partial charge in [-0.2, -0.15) is 0 Å². The Morgan fingerprint density at radius 2 is 1.78 bits per heavy atom. The van der Waals surface area contributed by atoms with Crippen LogP contribution in [0.3, 0.4) is 0 Å². The Balaban J connectivity index is 4.38. The third-order valence-electron chi connectivity index (χ3n) is 3.87. The van der Waals surface area contributed by atoms with Gasteiger partial charge in [-0.3, -0.25) is 0 Å². The van der Waals surface area contributed by atoms with Gasteiger partial charge < -0.3 is 0 Å². The number of allylic oxidation sites excluding steroid dienone is 4. The van der Waals surface area contributed by atoms with Gasteiger partial charge in [0.05, 0.1) is 0 Å². The van der Waals surface area contributed by atoms with Crippen molar-refractivity contribution in [1.29, 1.82) is 0 Å². The molecule has 0 aliphatic rings. The molecule has 0 amide bonds. The summed E-state index contributed by atoms with van der Waals surface area (Å²) in [6.45, 7) is 16.2. The molecule has 0 aliphatic carbocycles. The van der Waals surface area contributed by atoms with E-state index in [1.165, 1.54) is 31.3 Å². The zero-order valence-corrected chi connectivity index (χ0v) is 13.7. The van der Waals surface area contributed by atoms with E-state index in [1.54, 1.807) is 0 Å². The summed E-state index contributed by atoms with van der Waals surface area (Å²) in [6.07, 6.45) is 11.8. The Labute approximate surface area is 116 Å². The highest BCUT2D eigenvalue weighted by molar-refractivity contribution is 5.12. The molecule has 0 aromatic carbocycles. The van der Waals surface area contributed by atoms with E-state index < -0.39 is 0 Å². The lowest BCUT2D eigenvalue weighted by atomic mass is 9.74. The molecule has 0 saturated heterocycles. The van der Waals surface area contributed by atoms with E-state index in [4.69, 9.17) is 0 Å². The molecule has 0 aromatic rings. The summed E-state index contributed by atoms with van der Waals surface area (Å²) in [6, 6.07) is 0. The van der Waals surface area contributed by atoms with Gasteiger partial charge in [-0.15, -0.1) is 0 Å². The van der Waals surface area contributed by atoms with E-state index in [2.05, 4.69) is 66.7 Å². The van der Waals surface area contributed by atoms with Crippen molar-refractivity contribution in [3.05, 3.63) is 23.8 Å². The lowest BCUT2D eigenvalue weighted by molar-refractivity contribution is 0.225. The minimum absolute atomic E-state index is 0.457. The van der Waals surface area contributed by atoms with Gasteiger partial charge in [-0.05, 0) is 43.9 Å². The van der Waals surface area contributed by atoms with Crippen LogP contribution in [0.25, 0.3) is 0 Å². The molecule has 0 rings (SSSR count). The summed E-state index contributed by atoms with van der Waals surface area (Å²) in [5.74, 6) is 1.54. The van der Waals surface area contributed by atoms with Crippen LogP contribution >= 0.6 is 0 Å². The fourth-order valence-electron chi connectivity index (χ4n) is 3.02. The first-order valence-corrected chi connectivity index (χ1v) is 7.62. The van der Waals surface area contributed by atoms with Crippen LogP contribution < -0.4 is 0 Å². The highest BCUT2D eigenvalue weighted by Gasteiger charge is 2.23. The maximum atomic E-state index is 2.43. The van der Waals surface area contributed by atoms with E-state index in [1.807, 2.05) is 0 Å². The lowest BCUT2D eigenvalue weighted by Gasteiger charge is -2.31. The molecule has 0 aromatic heterocycles. The van der Waals surface area contributed by atoms with Crippen LogP contribution in [0, 0.1) is 17.3 Å². The van der Waals surface area contributed by atoms with Crippen LogP contribution in [0.15, 0.2) is 23.8 Å². The minimum atomic E-state index is 0.457. The second kappa shape index (κ2) is 8.56. The molecule has 0 nitrogen and oxygen atoms in total. The molecule has 0 spiro atoms. The quantitative estimate of drug-likeness (QED) is 0.438. The summed E-state index contributed by atoms with van der Waals surface area (Å²) in [7, 11) is 0. The van der Waals surface area contributed by atoms with E-state index in [-0.39, 0.29) is 0 Å². The Hall–Kier alpha value is -0.520.